The molecule has 0 aliphatic rings. The summed E-state index contributed by atoms with van der Waals surface area (Å²) in [5.41, 5.74) is 2.05. The van der Waals surface area contributed by atoms with Crippen molar-refractivity contribution in [3.63, 3.8) is 0 Å². The van der Waals surface area contributed by atoms with Gasteiger partial charge in [0.15, 0.2) is 0 Å². The second-order valence-electron chi connectivity index (χ2n) is 4.17. The first-order chi connectivity index (χ1) is 8.58. The maximum atomic E-state index is 13.4. The Balaban J connectivity index is 2.05. The van der Waals surface area contributed by atoms with Crippen molar-refractivity contribution in [3.8, 4) is 0 Å². The van der Waals surface area contributed by atoms with Gasteiger partial charge in [-0.05, 0) is 30.5 Å². The van der Waals surface area contributed by atoms with Gasteiger partial charge in [0.1, 0.15) is 12.1 Å². The lowest BCUT2D eigenvalue weighted by molar-refractivity contribution is 0.242. The van der Waals surface area contributed by atoms with Crippen LogP contribution in [-0.2, 0) is 6.54 Å². The molecule has 0 fully saturated rings. The van der Waals surface area contributed by atoms with Crippen molar-refractivity contribution in [2.75, 3.05) is 0 Å². The summed E-state index contributed by atoms with van der Waals surface area (Å²) < 4.78 is 14.8. The van der Waals surface area contributed by atoms with Gasteiger partial charge in [0.25, 0.3) is 0 Å². The standard InChI is InChI=1S/C13H14FN3O/c1-9-5-11(6-10(2)12(9)14)7-16-13(18)17-4-3-15-8-17/h3-6,8H,7H2,1-2H3,(H,16,18). The normalized spacial score (nSPS) is 10.4. The molecule has 0 unspecified atom stereocenters. The van der Waals surface area contributed by atoms with Crippen LogP contribution in [0, 0.1) is 19.7 Å². The SMILES string of the molecule is Cc1cc(CNC(=O)n2ccnc2)cc(C)c1F. The molecule has 0 atom stereocenters. The average molecular weight is 247 g/mol. The van der Waals surface area contributed by atoms with E-state index in [1.54, 1.807) is 32.2 Å². The third-order valence-corrected chi connectivity index (χ3v) is 2.68. The fourth-order valence-electron chi connectivity index (χ4n) is 1.79. The zero-order chi connectivity index (χ0) is 13.1. The molecule has 0 saturated carbocycles. The second-order valence-corrected chi connectivity index (χ2v) is 4.17. The largest absolute Gasteiger partial charge is 0.333 e. The molecule has 2 rings (SSSR count). The van der Waals surface area contributed by atoms with Gasteiger partial charge >= 0.3 is 6.03 Å². The highest BCUT2D eigenvalue weighted by Gasteiger charge is 2.06. The molecule has 1 aromatic heterocycles. The van der Waals surface area contributed by atoms with Gasteiger partial charge in [0.05, 0.1) is 0 Å². The first kappa shape index (κ1) is 12.3. The molecule has 2 aromatic rings. The molecule has 0 bridgehead atoms. The summed E-state index contributed by atoms with van der Waals surface area (Å²) in [5, 5.41) is 2.74. The van der Waals surface area contributed by atoms with Crippen molar-refractivity contribution in [3.05, 3.63) is 53.4 Å². The first-order valence-corrected chi connectivity index (χ1v) is 5.59. The topological polar surface area (TPSA) is 46.9 Å². The Labute approximate surface area is 104 Å². The predicted octanol–water partition coefficient (Wildman–Crippen LogP) is 2.40. The maximum absolute atomic E-state index is 13.4. The molecule has 1 N–H and O–H groups in total. The van der Waals surface area contributed by atoms with Gasteiger partial charge in [-0.25, -0.2) is 14.2 Å². The van der Waals surface area contributed by atoms with Crippen molar-refractivity contribution in [2.24, 2.45) is 0 Å². The van der Waals surface area contributed by atoms with E-state index in [2.05, 4.69) is 10.3 Å². The molecule has 0 saturated heterocycles. The third kappa shape index (κ3) is 2.56. The Morgan fingerprint density at radius 3 is 2.61 bits per heavy atom. The van der Waals surface area contributed by atoms with E-state index < -0.39 is 0 Å². The highest BCUT2D eigenvalue weighted by atomic mass is 19.1. The lowest BCUT2D eigenvalue weighted by atomic mass is 10.1. The summed E-state index contributed by atoms with van der Waals surface area (Å²) in [7, 11) is 0. The van der Waals surface area contributed by atoms with Crippen molar-refractivity contribution in [1.82, 2.24) is 14.9 Å². The highest BCUT2D eigenvalue weighted by molar-refractivity contribution is 5.76. The Hall–Kier alpha value is -2.17. The Morgan fingerprint density at radius 1 is 1.39 bits per heavy atom. The summed E-state index contributed by atoms with van der Waals surface area (Å²) in [4.78, 5) is 15.4. The fraction of sp³-hybridized carbons (Fsp3) is 0.231. The smallest absolute Gasteiger partial charge is 0.327 e. The van der Waals surface area contributed by atoms with Crippen LogP contribution in [0.2, 0.25) is 0 Å². The predicted molar refractivity (Wildman–Crippen MR) is 65.7 cm³/mol. The van der Waals surface area contributed by atoms with Gasteiger partial charge in [0, 0.05) is 18.9 Å². The molecule has 0 spiro atoms. The number of aryl methyl sites for hydroxylation is 2. The zero-order valence-electron chi connectivity index (χ0n) is 10.3. The van der Waals surface area contributed by atoms with Crippen molar-refractivity contribution in [1.29, 1.82) is 0 Å². The van der Waals surface area contributed by atoms with Gasteiger partial charge in [0.2, 0.25) is 0 Å². The zero-order valence-corrected chi connectivity index (χ0v) is 10.3. The van der Waals surface area contributed by atoms with Crippen LogP contribution in [-0.4, -0.2) is 15.6 Å². The van der Waals surface area contributed by atoms with Gasteiger partial charge in [-0.2, -0.15) is 0 Å². The molecular weight excluding hydrogens is 233 g/mol. The molecule has 0 aliphatic heterocycles. The number of aromatic nitrogens is 2. The van der Waals surface area contributed by atoms with Crippen LogP contribution >= 0.6 is 0 Å². The lowest BCUT2D eigenvalue weighted by Crippen LogP contribution is -2.27. The molecule has 1 aromatic carbocycles. The lowest BCUT2D eigenvalue weighted by Gasteiger charge is -2.08. The van der Waals surface area contributed by atoms with E-state index in [-0.39, 0.29) is 11.8 Å². The first-order valence-electron chi connectivity index (χ1n) is 5.59. The molecule has 1 heterocycles. The summed E-state index contributed by atoms with van der Waals surface area (Å²) >= 11 is 0. The molecule has 1 amide bonds. The average Bonchev–Trinajstić information content (AvgIpc) is 2.86. The Morgan fingerprint density at radius 2 is 2.06 bits per heavy atom. The molecule has 5 heteroatoms. The summed E-state index contributed by atoms with van der Waals surface area (Å²) in [6.07, 6.45) is 4.53. The van der Waals surface area contributed by atoms with Crippen molar-refractivity contribution >= 4 is 6.03 Å². The summed E-state index contributed by atoms with van der Waals surface area (Å²) in [5.74, 6) is -0.195. The van der Waals surface area contributed by atoms with E-state index in [0.29, 0.717) is 17.7 Å². The number of hydrogen-bond acceptors (Lipinski definition) is 2. The molecule has 0 radical (unpaired) electrons. The second kappa shape index (κ2) is 5.00. The number of carbonyl (C=O) groups excluding carboxylic acids is 1. The molecule has 0 aliphatic carbocycles. The van der Waals surface area contributed by atoms with E-state index in [9.17, 15) is 9.18 Å². The number of imidazole rings is 1. The number of nitrogens with zero attached hydrogens (tertiary/aromatic N) is 2. The molecule has 18 heavy (non-hydrogen) atoms. The van der Waals surface area contributed by atoms with Gasteiger partial charge < -0.3 is 5.32 Å². The van der Waals surface area contributed by atoms with Crippen molar-refractivity contribution in [2.45, 2.75) is 20.4 Å². The van der Waals surface area contributed by atoms with Crippen LogP contribution in [0.3, 0.4) is 0 Å². The van der Waals surface area contributed by atoms with Gasteiger partial charge in [-0.3, -0.25) is 4.57 Å². The van der Waals surface area contributed by atoms with Crippen LogP contribution in [0.1, 0.15) is 16.7 Å². The number of rotatable bonds is 2. The minimum absolute atomic E-state index is 0.195. The van der Waals surface area contributed by atoms with E-state index in [0.717, 1.165) is 5.56 Å². The molecule has 4 nitrogen and oxygen atoms in total. The Kier molecular flexibility index (Phi) is 3.41. The summed E-state index contributed by atoms with van der Waals surface area (Å²) in [6.45, 7) is 3.78. The fourth-order valence-corrected chi connectivity index (χ4v) is 1.79. The maximum Gasteiger partial charge on any atom is 0.327 e. The summed E-state index contributed by atoms with van der Waals surface area (Å²) in [6, 6.07) is 3.21. The number of amides is 1. The third-order valence-electron chi connectivity index (χ3n) is 2.68. The van der Waals surface area contributed by atoms with E-state index >= 15 is 0 Å². The van der Waals surface area contributed by atoms with Crippen LogP contribution in [0.5, 0.6) is 0 Å². The van der Waals surface area contributed by atoms with Crippen LogP contribution in [0.15, 0.2) is 30.9 Å². The minimum Gasteiger partial charge on any atom is -0.333 e. The van der Waals surface area contributed by atoms with E-state index in [1.165, 1.54) is 17.1 Å². The number of nitrogens with one attached hydrogen (secondary N) is 1. The quantitative estimate of drug-likeness (QED) is 0.885. The number of hydrogen-bond donors (Lipinski definition) is 1. The van der Waals surface area contributed by atoms with Crippen LogP contribution in [0.4, 0.5) is 9.18 Å². The monoisotopic (exact) mass is 247 g/mol. The number of halogens is 1. The highest BCUT2D eigenvalue weighted by Crippen LogP contribution is 2.14. The van der Waals surface area contributed by atoms with Gasteiger partial charge in [-0.15, -0.1) is 0 Å². The minimum atomic E-state index is -0.257. The Bertz CT molecular complexity index is 541. The number of benzene rings is 1. The molecular formula is C13H14FN3O. The van der Waals surface area contributed by atoms with Crippen LogP contribution < -0.4 is 5.32 Å². The van der Waals surface area contributed by atoms with Crippen molar-refractivity contribution < 1.29 is 9.18 Å². The van der Waals surface area contributed by atoms with Gasteiger partial charge in [-0.1, -0.05) is 12.1 Å². The number of carbonyl (C=O) groups is 1. The van der Waals surface area contributed by atoms with E-state index in [1.807, 2.05) is 0 Å². The molecule has 94 valence electrons. The van der Waals surface area contributed by atoms with E-state index in [4.69, 9.17) is 0 Å². The van der Waals surface area contributed by atoms with Crippen LogP contribution in [0.25, 0.3) is 0 Å².